The molecule has 172 valence electrons. The summed E-state index contributed by atoms with van der Waals surface area (Å²) >= 11 is 0. The molecule has 1 aliphatic rings. The van der Waals surface area contributed by atoms with Crippen molar-refractivity contribution >= 4 is 21.8 Å². The van der Waals surface area contributed by atoms with E-state index < -0.39 is 0 Å². The number of rotatable bonds is 3. The van der Waals surface area contributed by atoms with Crippen LogP contribution in [-0.4, -0.2) is 16.8 Å². The zero-order valence-corrected chi connectivity index (χ0v) is 19.4. The smallest absolute Gasteiger partial charge is 0.231 e. The summed E-state index contributed by atoms with van der Waals surface area (Å²) in [6.45, 7) is 0.217. The first-order valence-electron chi connectivity index (χ1n) is 12.0. The number of ether oxygens (including phenoxy) is 2. The van der Waals surface area contributed by atoms with E-state index in [4.69, 9.17) is 9.47 Å². The Morgan fingerprint density at radius 2 is 1.19 bits per heavy atom. The summed E-state index contributed by atoms with van der Waals surface area (Å²) in [5.74, 6) is 8.21. The van der Waals surface area contributed by atoms with Crippen molar-refractivity contribution in [3.8, 4) is 23.3 Å². The number of hydrogen-bond acceptors (Lipinski definition) is 2. The number of H-pyrrole nitrogens is 2. The Bertz CT molecular complexity index is 1710. The molecule has 3 heterocycles. The SMILES string of the molecule is C(#Cc1cc2c(cc1C(c1c[nH]c3ccccc13)c1c[nH]c3ccccc13)OCO2)c1ccccc1. The monoisotopic (exact) mass is 466 g/mol. The van der Waals surface area contributed by atoms with Crippen molar-refractivity contribution in [2.75, 3.05) is 6.79 Å². The number of para-hydroxylation sites is 2. The molecular weight excluding hydrogens is 444 g/mol. The summed E-state index contributed by atoms with van der Waals surface area (Å²) < 4.78 is 11.6. The average Bonchev–Trinajstić information content (AvgIpc) is 3.67. The third-order valence-corrected chi connectivity index (χ3v) is 6.84. The zero-order chi connectivity index (χ0) is 23.9. The van der Waals surface area contributed by atoms with Gasteiger partial charge in [0.25, 0.3) is 0 Å². The molecule has 6 aromatic rings. The summed E-state index contributed by atoms with van der Waals surface area (Å²) in [6.07, 6.45) is 4.24. The van der Waals surface area contributed by atoms with Gasteiger partial charge in [0.15, 0.2) is 11.5 Å². The van der Waals surface area contributed by atoms with Gasteiger partial charge in [0.2, 0.25) is 6.79 Å². The highest BCUT2D eigenvalue weighted by Crippen LogP contribution is 2.44. The minimum Gasteiger partial charge on any atom is -0.454 e. The maximum atomic E-state index is 5.83. The van der Waals surface area contributed by atoms with Gasteiger partial charge < -0.3 is 19.4 Å². The van der Waals surface area contributed by atoms with Gasteiger partial charge in [-0.25, -0.2) is 0 Å². The molecule has 0 saturated heterocycles. The van der Waals surface area contributed by atoms with Crippen LogP contribution in [0.15, 0.2) is 103 Å². The molecule has 0 unspecified atom stereocenters. The Kier molecular flexibility index (Phi) is 4.78. The molecule has 7 rings (SSSR count). The van der Waals surface area contributed by atoms with Crippen molar-refractivity contribution in [1.82, 2.24) is 9.97 Å². The fourth-order valence-electron chi connectivity index (χ4n) is 5.13. The lowest BCUT2D eigenvalue weighted by atomic mass is 9.82. The second-order valence-electron chi connectivity index (χ2n) is 8.92. The van der Waals surface area contributed by atoms with Crippen LogP contribution < -0.4 is 9.47 Å². The van der Waals surface area contributed by atoms with Crippen LogP contribution in [0.2, 0.25) is 0 Å². The second-order valence-corrected chi connectivity index (χ2v) is 8.92. The molecule has 0 atom stereocenters. The van der Waals surface area contributed by atoms with Crippen LogP contribution in [0.4, 0.5) is 0 Å². The Hall–Kier alpha value is -4.88. The third-order valence-electron chi connectivity index (χ3n) is 6.84. The second kappa shape index (κ2) is 8.41. The van der Waals surface area contributed by atoms with Gasteiger partial charge in [-0.3, -0.25) is 0 Å². The number of aromatic amines is 2. The summed E-state index contributed by atoms with van der Waals surface area (Å²) in [7, 11) is 0. The molecule has 0 radical (unpaired) electrons. The number of aromatic nitrogens is 2. The van der Waals surface area contributed by atoms with Gasteiger partial charge in [0, 0.05) is 57.3 Å². The van der Waals surface area contributed by atoms with E-state index in [1.165, 1.54) is 21.9 Å². The molecule has 2 aromatic heterocycles. The van der Waals surface area contributed by atoms with Crippen LogP contribution in [0, 0.1) is 11.8 Å². The number of benzene rings is 4. The lowest BCUT2D eigenvalue weighted by Crippen LogP contribution is -2.05. The van der Waals surface area contributed by atoms with E-state index in [2.05, 4.69) is 88.8 Å². The molecule has 0 saturated carbocycles. The highest BCUT2D eigenvalue weighted by Gasteiger charge is 2.28. The Morgan fingerprint density at radius 1 is 0.611 bits per heavy atom. The van der Waals surface area contributed by atoms with Gasteiger partial charge in [-0.1, -0.05) is 66.4 Å². The minimum absolute atomic E-state index is 0.0770. The Balaban J connectivity index is 1.51. The Labute approximate surface area is 208 Å². The first-order valence-corrected chi connectivity index (χ1v) is 12.0. The predicted octanol–water partition coefficient (Wildman–Crippen LogP) is 6.96. The quantitative estimate of drug-likeness (QED) is 0.277. The molecule has 0 bridgehead atoms. The molecule has 0 fully saturated rings. The highest BCUT2D eigenvalue weighted by molar-refractivity contribution is 5.89. The molecule has 36 heavy (non-hydrogen) atoms. The topological polar surface area (TPSA) is 50.0 Å². The van der Waals surface area contributed by atoms with Crippen molar-refractivity contribution in [1.29, 1.82) is 0 Å². The van der Waals surface area contributed by atoms with E-state index in [1.807, 2.05) is 36.4 Å². The molecule has 2 N–H and O–H groups in total. The molecule has 0 amide bonds. The molecular formula is C32H22N2O2. The summed E-state index contributed by atoms with van der Waals surface area (Å²) in [4.78, 5) is 6.95. The molecule has 0 aliphatic carbocycles. The van der Waals surface area contributed by atoms with Crippen LogP contribution in [0.3, 0.4) is 0 Å². The van der Waals surface area contributed by atoms with Gasteiger partial charge in [0.1, 0.15) is 0 Å². The minimum atomic E-state index is -0.0770. The first kappa shape index (κ1) is 20.5. The van der Waals surface area contributed by atoms with Crippen LogP contribution in [0.1, 0.15) is 33.7 Å². The molecule has 4 heteroatoms. The fourth-order valence-corrected chi connectivity index (χ4v) is 5.13. The molecule has 4 nitrogen and oxygen atoms in total. The van der Waals surface area contributed by atoms with Gasteiger partial charge in [-0.15, -0.1) is 0 Å². The number of hydrogen-bond donors (Lipinski definition) is 2. The van der Waals surface area contributed by atoms with E-state index >= 15 is 0 Å². The molecule has 1 aliphatic heterocycles. The Morgan fingerprint density at radius 3 is 1.86 bits per heavy atom. The van der Waals surface area contributed by atoms with E-state index in [0.717, 1.165) is 39.2 Å². The standard InChI is InChI=1S/C32H22N2O2/c1-2-8-21(9-3-1)14-15-22-16-30-31(36-20-35-30)17-25(22)32(26-18-33-28-12-6-4-10-23(26)28)27-19-34-29-13-7-5-11-24(27)29/h1-13,16-19,32-34H,20H2. The molecule has 4 aromatic carbocycles. The first-order chi connectivity index (χ1) is 17.8. The fraction of sp³-hybridized carbons (Fsp3) is 0.0625. The number of nitrogens with one attached hydrogen (secondary N) is 2. The van der Waals surface area contributed by atoms with Crippen molar-refractivity contribution < 1.29 is 9.47 Å². The zero-order valence-electron chi connectivity index (χ0n) is 19.4. The lowest BCUT2D eigenvalue weighted by molar-refractivity contribution is 0.174. The van der Waals surface area contributed by atoms with Crippen molar-refractivity contribution in [2.24, 2.45) is 0 Å². The van der Waals surface area contributed by atoms with Crippen molar-refractivity contribution in [3.63, 3.8) is 0 Å². The van der Waals surface area contributed by atoms with Crippen LogP contribution in [0.25, 0.3) is 21.8 Å². The van der Waals surface area contributed by atoms with E-state index in [-0.39, 0.29) is 12.7 Å². The van der Waals surface area contributed by atoms with Gasteiger partial charge in [-0.2, -0.15) is 0 Å². The van der Waals surface area contributed by atoms with Gasteiger partial charge >= 0.3 is 0 Å². The van der Waals surface area contributed by atoms with Crippen LogP contribution in [0.5, 0.6) is 11.5 Å². The van der Waals surface area contributed by atoms with Crippen molar-refractivity contribution in [2.45, 2.75) is 5.92 Å². The maximum Gasteiger partial charge on any atom is 0.231 e. The van der Waals surface area contributed by atoms with E-state index in [0.29, 0.717) is 0 Å². The third kappa shape index (κ3) is 3.41. The normalized spacial score (nSPS) is 12.2. The summed E-state index contributed by atoms with van der Waals surface area (Å²) in [5, 5.41) is 2.37. The summed E-state index contributed by atoms with van der Waals surface area (Å²) in [6, 6.07) is 31.0. The predicted molar refractivity (Wildman–Crippen MR) is 143 cm³/mol. The number of fused-ring (bicyclic) bond motifs is 3. The van der Waals surface area contributed by atoms with Crippen LogP contribution >= 0.6 is 0 Å². The average molecular weight is 467 g/mol. The van der Waals surface area contributed by atoms with Crippen LogP contribution in [-0.2, 0) is 0 Å². The van der Waals surface area contributed by atoms with Gasteiger partial charge in [0.05, 0.1) is 0 Å². The highest BCUT2D eigenvalue weighted by atomic mass is 16.7. The van der Waals surface area contributed by atoms with Crippen molar-refractivity contribution in [3.05, 3.63) is 131 Å². The van der Waals surface area contributed by atoms with E-state index in [9.17, 15) is 0 Å². The largest absolute Gasteiger partial charge is 0.454 e. The van der Waals surface area contributed by atoms with E-state index in [1.54, 1.807) is 0 Å². The molecule has 0 spiro atoms. The maximum absolute atomic E-state index is 5.83. The van der Waals surface area contributed by atoms with Gasteiger partial charge in [-0.05, 0) is 47.0 Å². The summed E-state index contributed by atoms with van der Waals surface area (Å²) in [5.41, 5.74) is 7.57. The lowest BCUT2D eigenvalue weighted by Gasteiger charge is -2.20.